The average molecular weight is 278 g/mol. The van der Waals surface area contributed by atoms with Gasteiger partial charge >= 0.3 is 6.03 Å². The molecule has 110 valence electrons. The van der Waals surface area contributed by atoms with Crippen molar-refractivity contribution in [3.63, 3.8) is 0 Å². The molecular formula is C15H22N2O3. The molecule has 1 aliphatic carbocycles. The van der Waals surface area contributed by atoms with Gasteiger partial charge in [0.05, 0.1) is 12.2 Å². The van der Waals surface area contributed by atoms with E-state index in [0.717, 1.165) is 30.4 Å². The number of carbonyl (C=O) groups is 1. The molecule has 1 aromatic carbocycles. The summed E-state index contributed by atoms with van der Waals surface area (Å²) < 4.78 is 5.04. The SMILES string of the molecule is COCc1ccc(CNC(=O)NCC2(O)CCC2)cc1. The van der Waals surface area contributed by atoms with E-state index >= 15 is 0 Å². The number of ether oxygens (including phenoxy) is 1. The van der Waals surface area contributed by atoms with Gasteiger partial charge in [0.25, 0.3) is 0 Å². The third-order valence-corrected chi connectivity index (χ3v) is 3.65. The first-order valence-corrected chi connectivity index (χ1v) is 6.92. The molecule has 1 aromatic rings. The highest BCUT2D eigenvalue weighted by Gasteiger charge is 2.34. The second kappa shape index (κ2) is 6.72. The minimum Gasteiger partial charge on any atom is -0.388 e. The van der Waals surface area contributed by atoms with Crippen molar-refractivity contribution in [2.75, 3.05) is 13.7 Å². The first kappa shape index (κ1) is 14.8. The maximum absolute atomic E-state index is 11.6. The predicted octanol–water partition coefficient (Wildman–Crippen LogP) is 1.55. The molecule has 0 radical (unpaired) electrons. The van der Waals surface area contributed by atoms with Crippen LogP contribution in [0.1, 0.15) is 30.4 Å². The number of methoxy groups -OCH3 is 1. The van der Waals surface area contributed by atoms with Gasteiger partial charge in [-0.3, -0.25) is 0 Å². The zero-order valence-corrected chi connectivity index (χ0v) is 11.8. The molecule has 0 heterocycles. The highest BCUT2D eigenvalue weighted by molar-refractivity contribution is 5.73. The van der Waals surface area contributed by atoms with Crippen molar-refractivity contribution in [3.8, 4) is 0 Å². The van der Waals surface area contributed by atoms with E-state index in [4.69, 9.17) is 4.74 Å². The lowest BCUT2D eigenvalue weighted by Gasteiger charge is -2.36. The van der Waals surface area contributed by atoms with Gasteiger partial charge in [-0.15, -0.1) is 0 Å². The lowest BCUT2D eigenvalue weighted by molar-refractivity contribution is -0.0290. The summed E-state index contributed by atoms with van der Waals surface area (Å²) in [6, 6.07) is 7.65. The summed E-state index contributed by atoms with van der Waals surface area (Å²) in [5.41, 5.74) is 1.45. The van der Waals surface area contributed by atoms with Crippen LogP contribution in [0.5, 0.6) is 0 Å². The Hall–Kier alpha value is -1.59. The van der Waals surface area contributed by atoms with E-state index in [2.05, 4.69) is 10.6 Å². The minimum absolute atomic E-state index is 0.244. The number of carbonyl (C=O) groups excluding carboxylic acids is 1. The Morgan fingerprint density at radius 2 is 1.90 bits per heavy atom. The molecule has 2 rings (SSSR count). The van der Waals surface area contributed by atoms with E-state index in [1.54, 1.807) is 7.11 Å². The Morgan fingerprint density at radius 3 is 2.45 bits per heavy atom. The van der Waals surface area contributed by atoms with Crippen LogP contribution in [-0.4, -0.2) is 30.4 Å². The molecule has 2 amide bonds. The van der Waals surface area contributed by atoms with E-state index in [9.17, 15) is 9.90 Å². The highest BCUT2D eigenvalue weighted by Crippen LogP contribution is 2.30. The predicted molar refractivity (Wildman–Crippen MR) is 76.2 cm³/mol. The van der Waals surface area contributed by atoms with Crippen LogP contribution < -0.4 is 10.6 Å². The molecule has 3 N–H and O–H groups in total. The smallest absolute Gasteiger partial charge is 0.315 e. The van der Waals surface area contributed by atoms with E-state index < -0.39 is 5.60 Å². The lowest BCUT2D eigenvalue weighted by Crippen LogP contribution is -2.49. The van der Waals surface area contributed by atoms with Crippen LogP contribution in [0.4, 0.5) is 4.79 Å². The Labute approximate surface area is 119 Å². The zero-order valence-electron chi connectivity index (χ0n) is 11.8. The fraction of sp³-hybridized carbons (Fsp3) is 0.533. The molecule has 5 heteroatoms. The quantitative estimate of drug-likeness (QED) is 0.739. The maximum atomic E-state index is 11.6. The molecule has 20 heavy (non-hydrogen) atoms. The molecule has 1 aliphatic rings. The van der Waals surface area contributed by atoms with Crippen molar-refractivity contribution in [2.45, 2.75) is 38.0 Å². The molecular weight excluding hydrogens is 256 g/mol. The second-order valence-corrected chi connectivity index (χ2v) is 5.36. The van der Waals surface area contributed by atoms with Crippen LogP contribution in [0, 0.1) is 0 Å². The molecule has 0 saturated heterocycles. The lowest BCUT2D eigenvalue weighted by atomic mass is 9.80. The van der Waals surface area contributed by atoms with Gasteiger partial charge in [0, 0.05) is 20.2 Å². The average Bonchev–Trinajstić information content (AvgIpc) is 2.42. The van der Waals surface area contributed by atoms with Crippen LogP contribution in [0.25, 0.3) is 0 Å². The van der Waals surface area contributed by atoms with Crippen LogP contribution in [0.15, 0.2) is 24.3 Å². The number of nitrogens with one attached hydrogen (secondary N) is 2. The summed E-state index contributed by atoms with van der Waals surface area (Å²) >= 11 is 0. The third kappa shape index (κ3) is 4.21. The molecule has 1 fully saturated rings. The van der Waals surface area contributed by atoms with Gasteiger partial charge < -0.3 is 20.5 Å². The van der Waals surface area contributed by atoms with Crippen molar-refractivity contribution >= 4 is 6.03 Å². The van der Waals surface area contributed by atoms with E-state index in [1.165, 1.54) is 0 Å². The van der Waals surface area contributed by atoms with E-state index in [-0.39, 0.29) is 6.03 Å². The van der Waals surface area contributed by atoms with Crippen molar-refractivity contribution in [1.29, 1.82) is 0 Å². The van der Waals surface area contributed by atoms with Crippen LogP contribution in [0.2, 0.25) is 0 Å². The van der Waals surface area contributed by atoms with Gasteiger partial charge in [0.2, 0.25) is 0 Å². The van der Waals surface area contributed by atoms with Crippen LogP contribution >= 0.6 is 0 Å². The Kier molecular flexibility index (Phi) is 4.98. The molecule has 5 nitrogen and oxygen atoms in total. The molecule has 1 saturated carbocycles. The summed E-state index contributed by atoms with van der Waals surface area (Å²) in [4.78, 5) is 11.6. The monoisotopic (exact) mass is 278 g/mol. The van der Waals surface area contributed by atoms with Crippen molar-refractivity contribution in [2.24, 2.45) is 0 Å². The number of rotatable bonds is 6. The molecule has 0 aliphatic heterocycles. The molecule has 0 aromatic heterocycles. The minimum atomic E-state index is -0.681. The Bertz CT molecular complexity index is 441. The molecule has 0 spiro atoms. The number of aliphatic hydroxyl groups is 1. The fourth-order valence-corrected chi connectivity index (χ4v) is 2.17. The van der Waals surface area contributed by atoms with E-state index in [1.807, 2.05) is 24.3 Å². The van der Waals surface area contributed by atoms with Crippen molar-refractivity contribution in [1.82, 2.24) is 10.6 Å². The standard InChI is InChI=1S/C15H22N2O3/c1-20-10-13-5-3-12(4-6-13)9-16-14(18)17-11-15(19)7-2-8-15/h3-6,19H,2,7-11H2,1H3,(H2,16,17,18). The number of benzene rings is 1. The van der Waals surface area contributed by atoms with Crippen LogP contribution in [-0.2, 0) is 17.9 Å². The van der Waals surface area contributed by atoms with Gasteiger partial charge in [-0.2, -0.15) is 0 Å². The summed E-state index contributed by atoms with van der Waals surface area (Å²) in [5.74, 6) is 0. The summed E-state index contributed by atoms with van der Waals surface area (Å²) in [5, 5.41) is 15.4. The van der Waals surface area contributed by atoms with Gasteiger partial charge in [0.15, 0.2) is 0 Å². The number of amides is 2. The molecule has 0 bridgehead atoms. The van der Waals surface area contributed by atoms with Gasteiger partial charge in [-0.25, -0.2) is 4.79 Å². The highest BCUT2D eigenvalue weighted by atomic mass is 16.5. The number of hydrogen-bond donors (Lipinski definition) is 3. The maximum Gasteiger partial charge on any atom is 0.315 e. The Morgan fingerprint density at radius 1 is 1.25 bits per heavy atom. The summed E-state index contributed by atoms with van der Waals surface area (Å²) in [7, 11) is 1.66. The molecule has 0 unspecified atom stereocenters. The summed E-state index contributed by atoms with van der Waals surface area (Å²) in [6.45, 7) is 1.38. The summed E-state index contributed by atoms with van der Waals surface area (Å²) in [6.07, 6.45) is 2.58. The number of urea groups is 1. The zero-order chi connectivity index (χ0) is 14.4. The van der Waals surface area contributed by atoms with Crippen molar-refractivity contribution < 1.29 is 14.6 Å². The normalized spacial score (nSPS) is 16.3. The fourth-order valence-electron chi connectivity index (χ4n) is 2.17. The largest absolute Gasteiger partial charge is 0.388 e. The van der Waals surface area contributed by atoms with Gasteiger partial charge in [0.1, 0.15) is 0 Å². The number of hydrogen-bond acceptors (Lipinski definition) is 3. The molecule has 0 atom stereocenters. The Balaban J connectivity index is 1.69. The second-order valence-electron chi connectivity index (χ2n) is 5.36. The first-order chi connectivity index (χ1) is 9.61. The first-order valence-electron chi connectivity index (χ1n) is 6.92. The van der Waals surface area contributed by atoms with E-state index in [0.29, 0.717) is 19.7 Å². The topological polar surface area (TPSA) is 70.6 Å². The van der Waals surface area contributed by atoms with Crippen molar-refractivity contribution in [3.05, 3.63) is 35.4 Å². The van der Waals surface area contributed by atoms with Gasteiger partial charge in [-0.1, -0.05) is 24.3 Å². The van der Waals surface area contributed by atoms with Gasteiger partial charge in [-0.05, 0) is 30.4 Å². The third-order valence-electron chi connectivity index (χ3n) is 3.65. The van der Waals surface area contributed by atoms with Crippen LogP contribution in [0.3, 0.4) is 0 Å².